The Balaban J connectivity index is 1.37. The van der Waals surface area contributed by atoms with Crippen LogP contribution in [-0.4, -0.2) is 4.57 Å². The van der Waals surface area contributed by atoms with Crippen molar-refractivity contribution in [2.45, 2.75) is 0 Å². The number of benzene rings is 6. The van der Waals surface area contributed by atoms with Crippen LogP contribution in [0.1, 0.15) is 0 Å². The van der Waals surface area contributed by atoms with E-state index < -0.39 is 0 Å². The highest BCUT2D eigenvalue weighted by molar-refractivity contribution is 6.17. The van der Waals surface area contributed by atoms with Crippen LogP contribution in [0.3, 0.4) is 0 Å². The fraction of sp³-hybridized carbons (Fsp3) is 0. The number of hydrogen-bond donors (Lipinski definition) is 0. The molecule has 9 rings (SSSR count). The SMILES string of the molecule is c1ccc2c(c1)oc1cccc(-c3ccc4c(c3)c3ccccc3n4-c3cccc4oc5ccccc5c34)c12. The van der Waals surface area contributed by atoms with Gasteiger partial charge in [0.2, 0.25) is 0 Å². The van der Waals surface area contributed by atoms with Crippen LogP contribution in [0.4, 0.5) is 0 Å². The first-order valence-electron chi connectivity index (χ1n) is 13.2. The van der Waals surface area contributed by atoms with Gasteiger partial charge in [-0.3, -0.25) is 0 Å². The molecule has 0 fully saturated rings. The van der Waals surface area contributed by atoms with E-state index in [4.69, 9.17) is 8.83 Å². The molecule has 6 aromatic carbocycles. The highest BCUT2D eigenvalue weighted by Crippen LogP contribution is 2.41. The Hall–Kier alpha value is -5.28. The third kappa shape index (κ3) is 2.82. The van der Waals surface area contributed by atoms with Crippen LogP contribution in [0.2, 0.25) is 0 Å². The second-order valence-corrected chi connectivity index (χ2v) is 10.1. The molecule has 0 unspecified atom stereocenters. The summed E-state index contributed by atoms with van der Waals surface area (Å²) in [6.07, 6.45) is 0. The molecule has 9 aromatic rings. The number of aromatic nitrogens is 1. The zero-order chi connectivity index (χ0) is 25.5. The lowest BCUT2D eigenvalue weighted by Gasteiger charge is -2.10. The summed E-state index contributed by atoms with van der Waals surface area (Å²) in [5.74, 6) is 0. The molecule has 0 atom stereocenters. The Bertz CT molecular complexity index is 2400. The van der Waals surface area contributed by atoms with Crippen molar-refractivity contribution in [3.05, 3.63) is 127 Å². The van der Waals surface area contributed by atoms with Crippen LogP contribution >= 0.6 is 0 Å². The smallest absolute Gasteiger partial charge is 0.137 e. The molecule has 0 saturated carbocycles. The summed E-state index contributed by atoms with van der Waals surface area (Å²) in [7, 11) is 0. The fourth-order valence-electron chi connectivity index (χ4n) is 6.36. The third-order valence-electron chi connectivity index (χ3n) is 8.01. The molecular weight excluding hydrogens is 478 g/mol. The molecule has 0 aliphatic carbocycles. The van der Waals surface area contributed by atoms with Crippen molar-refractivity contribution < 1.29 is 8.83 Å². The minimum Gasteiger partial charge on any atom is -0.456 e. The summed E-state index contributed by atoms with van der Waals surface area (Å²) >= 11 is 0. The lowest BCUT2D eigenvalue weighted by molar-refractivity contribution is 0.668. The van der Waals surface area contributed by atoms with Gasteiger partial charge in [-0.05, 0) is 59.7 Å². The topological polar surface area (TPSA) is 31.2 Å². The first-order valence-corrected chi connectivity index (χ1v) is 13.2. The standard InChI is InChI=1S/C36H21NO2/c1-4-13-28-24(9-1)27-21-22(23-12-7-17-33-35(23)25-10-2-5-15-31(25)38-33)19-20-29(27)37(28)30-14-8-18-34-36(30)26-11-3-6-16-32(26)39-34/h1-21H. The van der Waals surface area contributed by atoms with Crippen molar-refractivity contribution >= 4 is 65.7 Å². The average molecular weight is 500 g/mol. The molecule has 39 heavy (non-hydrogen) atoms. The van der Waals surface area contributed by atoms with E-state index in [0.717, 1.165) is 49.6 Å². The van der Waals surface area contributed by atoms with E-state index in [1.54, 1.807) is 0 Å². The molecule has 0 amide bonds. The van der Waals surface area contributed by atoms with E-state index in [0.29, 0.717) is 0 Å². The molecule has 0 spiro atoms. The zero-order valence-corrected chi connectivity index (χ0v) is 20.9. The predicted octanol–water partition coefficient (Wildman–Crippen LogP) is 10.2. The maximum atomic E-state index is 6.24. The highest BCUT2D eigenvalue weighted by atomic mass is 16.3. The quantitative estimate of drug-likeness (QED) is 0.237. The van der Waals surface area contributed by atoms with E-state index in [-0.39, 0.29) is 0 Å². The van der Waals surface area contributed by atoms with Gasteiger partial charge in [0.1, 0.15) is 22.3 Å². The molecule has 182 valence electrons. The Labute approximate surface area is 223 Å². The summed E-state index contributed by atoms with van der Waals surface area (Å²) in [6, 6.07) is 44.7. The van der Waals surface area contributed by atoms with Crippen LogP contribution in [0.25, 0.3) is 82.5 Å². The molecule has 0 radical (unpaired) electrons. The first-order chi connectivity index (χ1) is 19.3. The molecule has 3 aromatic heterocycles. The molecule has 3 nitrogen and oxygen atoms in total. The molecule has 3 heterocycles. The van der Waals surface area contributed by atoms with Gasteiger partial charge in [-0.1, -0.05) is 78.9 Å². The Morgan fingerprint density at radius 2 is 1.00 bits per heavy atom. The number of furan rings is 2. The van der Waals surface area contributed by atoms with Crippen LogP contribution in [0.5, 0.6) is 0 Å². The predicted molar refractivity (Wildman–Crippen MR) is 161 cm³/mol. The number of rotatable bonds is 2. The molecule has 3 heteroatoms. The lowest BCUT2D eigenvalue weighted by atomic mass is 9.98. The van der Waals surface area contributed by atoms with Gasteiger partial charge in [0.25, 0.3) is 0 Å². The second-order valence-electron chi connectivity index (χ2n) is 10.1. The number of nitrogens with zero attached hydrogens (tertiary/aromatic N) is 1. The highest BCUT2D eigenvalue weighted by Gasteiger charge is 2.19. The Morgan fingerprint density at radius 1 is 0.410 bits per heavy atom. The van der Waals surface area contributed by atoms with Crippen LogP contribution in [0.15, 0.2) is 136 Å². The molecular formula is C36H21NO2. The van der Waals surface area contributed by atoms with Crippen LogP contribution < -0.4 is 0 Å². The summed E-state index contributed by atoms with van der Waals surface area (Å²) in [5, 5.41) is 7.01. The molecule has 0 aliphatic heterocycles. The van der Waals surface area contributed by atoms with E-state index in [1.165, 1.54) is 32.9 Å². The van der Waals surface area contributed by atoms with Crippen molar-refractivity contribution in [1.29, 1.82) is 0 Å². The molecule has 0 saturated heterocycles. The first kappa shape index (κ1) is 20.7. The monoisotopic (exact) mass is 499 g/mol. The van der Waals surface area contributed by atoms with E-state index >= 15 is 0 Å². The van der Waals surface area contributed by atoms with Gasteiger partial charge in [0.15, 0.2) is 0 Å². The minimum atomic E-state index is 0.898. The normalized spacial score (nSPS) is 12.1. The molecule has 0 aliphatic rings. The summed E-state index contributed by atoms with van der Waals surface area (Å²) in [6.45, 7) is 0. The summed E-state index contributed by atoms with van der Waals surface area (Å²) < 4.78 is 14.8. The maximum Gasteiger partial charge on any atom is 0.137 e. The van der Waals surface area contributed by atoms with Crippen molar-refractivity contribution in [2.75, 3.05) is 0 Å². The van der Waals surface area contributed by atoms with Crippen LogP contribution in [-0.2, 0) is 0 Å². The van der Waals surface area contributed by atoms with Gasteiger partial charge in [0, 0.05) is 26.9 Å². The summed E-state index contributed by atoms with van der Waals surface area (Å²) in [5.41, 5.74) is 9.45. The van der Waals surface area contributed by atoms with Gasteiger partial charge >= 0.3 is 0 Å². The lowest BCUT2D eigenvalue weighted by Crippen LogP contribution is -1.94. The van der Waals surface area contributed by atoms with Crippen LogP contribution in [0, 0.1) is 0 Å². The molecule has 0 bridgehead atoms. The largest absolute Gasteiger partial charge is 0.456 e. The van der Waals surface area contributed by atoms with Crippen molar-refractivity contribution in [3.8, 4) is 16.8 Å². The number of para-hydroxylation sites is 3. The molecule has 0 N–H and O–H groups in total. The number of hydrogen-bond acceptors (Lipinski definition) is 2. The fourth-order valence-corrected chi connectivity index (χ4v) is 6.36. The summed E-state index contributed by atoms with van der Waals surface area (Å²) in [4.78, 5) is 0. The van der Waals surface area contributed by atoms with Crippen molar-refractivity contribution in [1.82, 2.24) is 4.57 Å². The van der Waals surface area contributed by atoms with Gasteiger partial charge in [0.05, 0.1) is 22.1 Å². The minimum absolute atomic E-state index is 0.898. The van der Waals surface area contributed by atoms with Crippen molar-refractivity contribution in [2.24, 2.45) is 0 Å². The van der Waals surface area contributed by atoms with Gasteiger partial charge < -0.3 is 13.4 Å². The maximum absolute atomic E-state index is 6.24. The van der Waals surface area contributed by atoms with Crippen molar-refractivity contribution in [3.63, 3.8) is 0 Å². The van der Waals surface area contributed by atoms with Gasteiger partial charge in [-0.15, -0.1) is 0 Å². The average Bonchev–Trinajstić information content (AvgIpc) is 3.66. The van der Waals surface area contributed by atoms with E-state index in [9.17, 15) is 0 Å². The Morgan fingerprint density at radius 3 is 1.79 bits per heavy atom. The van der Waals surface area contributed by atoms with E-state index in [1.807, 2.05) is 24.3 Å². The zero-order valence-electron chi connectivity index (χ0n) is 20.9. The van der Waals surface area contributed by atoms with Gasteiger partial charge in [-0.2, -0.15) is 0 Å². The number of fused-ring (bicyclic) bond motifs is 9. The Kier molecular flexibility index (Phi) is 4.05. The van der Waals surface area contributed by atoms with Gasteiger partial charge in [-0.25, -0.2) is 0 Å². The second kappa shape index (κ2) is 7.62. The third-order valence-corrected chi connectivity index (χ3v) is 8.01. The van der Waals surface area contributed by atoms with E-state index in [2.05, 4.69) is 108 Å².